The molecule has 16 heavy (non-hydrogen) atoms. The highest BCUT2D eigenvalue weighted by Crippen LogP contribution is 2.16. The minimum atomic E-state index is 0.506. The Hall–Kier alpha value is -1.35. The molecule has 2 aromatic rings. The number of rotatable bonds is 4. The summed E-state index contributed by atoms with van der Waals surface area (Å²) < 4.78 is 5.68. The van der Waals surface area contributed by atoms with E-state index in [4.69, 9.17) is 4.42 Å². The van der Waals surface area contributed by atoms with Gasteiger partial charge >= 0.3 is 0 Å². The number of hydrogen-bond acceptors (Lipinski definition) is 3. The second-order valence-corrected chi connectivity index (χ2v) is 4.44. The molecule has 0 radical (unpaired) electrons. The van der Waals surface area contributed by atoms with E-state index in [1.807, 2.05) is 12.1 Å². The van der Waals surface area contributed by atoms with Gasteiger partial charge in [-0.05, 0) is 24.6 Å². The van der Waals surface area contributed by atoms with E-state index >= 15 is 0 Å². The summed E-state index contributed by atoms with van der Waals surface area (Å²) in [5.41, 5.74) is 3.04. The van der Waals surface area contributed by atoms with Gasteiger partial charge in [0.15, 0.2) is 11.5 Å². The summed E-state index contributed by atoms with van der Waals surface area (Å²) in [6.07, 6.45) is 0.839. The molecular weight excluding hydrogens is 200 g/mol. The van der Waals surface area contributed by atoms with Crippen molar-refractivity contribution in [3.8, 4) is 0 Å². The molecular formula is C13H18N2O. The molecule has 0 aliphatic rings. The van der Waals surface area contributed by atoms with Crippen LogP contribution < -0.4 is 5.32 Å². The van der Waals surface area contributed by atoms with Gasteiger partial charge in [-0.15, -0.1) is 0 Å². The van der Waals surface area contributed by atoms with Gasteiger partial charge in [-0.1, -0.05) is 19.9 Å². The van der Waals surface area contributed by atoms with Crippen LogP contribution in [-0.4, -0.2) is 17.6 Å². The van der Waals surface area contributed by atoms with Crippen LogP contribution in [0.3, 0.4) is 0 Å². The molecule has 1 aromatic heterocycles. The molecule has 0 bridgehead atoms. The molecule has 0 aliphatic heterocycles. The van der Waals surface area contributed by atoms with Crippen molar-refractivity contribution in [1.29, 1.82) is 0 Å². The maximum absolute atomic E-state index is 5.68. The summed E-state index contributed by atoms with van der Waals surface area (Å²) in [6, 6.07) is 6.60. The number of aryl methyl sites for hydroxylation is 1. The van der Waals surface area contributed by atoms with Crippen molar-refractivity contribution in [3.63, 3.8) is 0 Å². The number of aromatic nitrogens is 1. The molecule has 3 heteroatoms. The normalized spacial score (nSPS) is 11.5. The summed E-state index contributed by atoms with van der Waals surface area (Å²) in [5.74, 6) is 0.814. The smallest absolute Gasteiger partial charge is 0.196 e. The van der Waals surface area contributed by atoms with Gasteiger partial charge < -0.3 is 9.73 Å². The Morgan fingerprint density at radius 1 is 1.38 bits per heavy atom. The quantitative estimate of drug-likeness (QED) is 0.857. The van der Waals surface area contributed by atoms with Gasteiger partial charge in [-0.25, -0.2) is 4.98 Å². The van der Waals surface area contributed by atoms with E-state index in [1.54, 1.807) is 0 Å². The number of nitrogens with zero attached hydrogens (tertiary/aromatic N) is 1. The molecule has 0 spiro atoms. The van der Waals surface area contributed by atoms with Crippen molar-refractivity contribution < 1.29 is 4.42 Å². The van der Waals surface area contributed by atoms with E-state index in [2.05, 4.69) is 37.1 Å². The Morgan fingerprint density at radius 2 is 2.19 bits per heavy atom. The minimum absolute atomic E-state index is 0.506. The van der Waals surface area contributed by atoms with Gasteiger partial charge in [-0.3, -0.25) is 0 Å². The fraction of sp³-hybridized carbons (Fsp3) is 0.462. The second kappa shape index (κ2) is 4.66. The maximum atomic E-state index is 5.68. The van der Waals surface area contributed by atoms with Crippen LogP contribution in [0.25, 0.3) is 11.1 Å². The second-order valence-electron chi connectivity index (χ2n) is 4.44. The fourth-order valence-electron chi connectivity index (χ4n) is 1.65. The first-order valence-electron chi connectivity index (χ1n) is 5.74. The lowest BCUT2D eigenvalue weighted by atomic mass is 10.2. The Kier molecular flexibility index (Phi) is 3.25. The predicted molar refractivity (Wildman–Crippen MR) is 65.6 cm³/mol. The lowest BCUT2D eigenvalue weighted by molar-refractivity contribution is 0.500. The van der Waals surface area contributed by atoms with Crippen molar-refractivity contribution >= 4 is 11.1 Å². The molecule has 0 saturated carbocycles. The molecule has 1 heterocycles. The third kappa shape index (κ3) is 2.61. The van der Waals surface area contributed by atoms with Crippen LogP contribution in [0, 0.1) is 6.92 Å². The fourth-order valence-corrected chi connectivity index (χ4v) is 1.65. The summed E-state index contributed by atoms with van der Waals surface area (Å²) in [5, 5.41) is 3.35. The summed E-state index contributed by atoms with van der Waals surface area (Å²) >= 11 is 0. The van der Waals surface area contributed by atoms with Crippen LogP contribution in [0.5, 0.6) is 0 Å². The first-order chi connectivity index (χ1) is 7.65. The molecule has 2 rings (SSSR count). The van der Waals surface area contributed by atoms with E-state index in [-0.39, 0.29) is 0 Å². The van der Waals surface area contributed by atoms with Crippen molar-refractivity contribution in [3.05, 3.63) is 29.7 Å². The molecule has 0 amide bonds. The number of nitrogens with one attached hydrogen (secondary N) is 1. The molecule has 1 N–H and O–H groups in total. The zero-order valence-corrected chi connectivity index (χ0v) is 10.1. The van der Waals surface area contributed by atoms with Crippen molar-refractivity contribution in [2.24, 2.45) is 0 Å². The zero-order chi connectivity index (χ0) is 11.5. The molecule has 3 nitrogen and oxygen atoms in total. The molecule has 1 aromatic carbocycles. The van der Waals surface area contributed by atoms with Crippen molar-refractivity contribution in [2.75, 3.05) is 6.54 Å². The number of hydrogen-bond donors (Lipinski definition) is 1. The molecule has 0 aliphatic carbocycles. The largest absolute Gasteiger partial charge is 0.441 e. The highest BCUT2D eigenvalue weighted by atomic mass is 16.3. The van der Waals surface area contributed by atoms with E-state index in [0.29, 0.717) is 6.04 Å². The number of fused-ring (bicyclic) bond motifs is 1. The Balaban J connectivity index is 2.08. The SMILES string of the molecule is Cc1ccc2nc(CCNC(C)C)oc2c1. The summed E-state index contributed by atoms with van der Waals surface area (Å²) in [4.78, 5) is 4.44. The van der Waals surface area contributed by atoms with Gasteiger partial charge in [0.2, 0.25) is 0 Å². The molecule has 0 fully saturated rings. The Bertz CT molecular complexity index is 474. The third-order valence-electron chi connectivity index (χ3n) is 2.48. The molecule has 0 saturated heterocycles. The Labute approximate surface area is 95.9 Å². The van der Waals surface area contributed by atoms with Crippen LogP contribution in [0.4, 0.5) is 0 Å². The highest BCUT2D eigenvalue weighted by molar-refractivity contribution is 5.73. The van der Waals surface area contributed by atoms with E-state index in [9.17, 15) is 0 Å². The minimum Gasteiger partial charge on any atom is -0.441 e. The number of oxazole rings is 1. The van der Waals surface area contributed by atoms with E-state index < -0.39 is 0 Å². The van der Waals surface area contributed by atoms with Crippen LogP contribution in [0.1, 0.15) is 25.3 Å². The standard InChI is InChI=1S/C13H18N2O/c1-9(2)14-7-6-13-15-11-5-4-10(3)8-12(11)16-13/h4-5,8-9,14H,6-7H2,1-3H3. The highest BCUT2D eigenvalue weighted by Gasteiger charge is 2.05. The number of benzene rings is 1. The zero-order valence-electron chi connectivity index (χ0n) is 10.1. The van der Waals surface area contributed by atoms with E-state index in [0.717, 1.165) is 30.0 Å². The first-order valence-corrected chi connectivity index (χ1v) is 5.74. The third-order valence-corrected chi connectivity index (χ3v) is 2.48. The van der Waals surface area contributed by atoms with Gasteiger partial charge in [0.1, 0.15) is 5.52 Å². The predicted octanol–water partition coefficient (Wildman–Crippen LogP) is 2.68. The van der Waals surface area contributed by atoms with Gasteiger partial charge in [0, 0.05) is 19.0 Å². The van der Waals surface area contributed by atoms with Crippen LogP contribution in [-0.2, 0) is 6.42 Å². The lowest BCUT2D eigenvalue weighted by Crippen LogP contribution is -2.24. The average Bonchev–Trinajstić information content (AvgIpc) is 2.58. The van der Waals surface area contributed by atoms with Crippen LogP contribution >= 0.6 is 0 Å². The van der Waals surface area contributed by atoms with Gasteiger partial charge in [0.05, 0.1) is 0 Å². The topological polar surface area (TPSA) is 38.1 Å². The van der Waals surface area contributed by atoms with Crippen LogP contribution in [0.15, 0.2) is 22.6 Å². The average molecular weight is 218 g/mol. The van der Waals surface area contributed by atoms with Crippen molar-refractivity contribution in [1.82, 2.24) is 10.3 Å². The van der Waals surface area contributed by atoms with Crippen molar-refractivity contribution in [2.45, 2.75) is 33.2 Å². The summed E-state index contributed by atoms with van der Waals surface area (Å²) in [6.45, 7) is 7.23. The van der Waals surface area contributed by atoms with E-state index in [1.165, 1.54) is 5.56 Å². The monoisotopic (exact) mass is 218 g/mol. The van der Waals surface area contributed by atoms with Gasteiger partial charge in [0.25, 0.3) is 0 Å². The maximum Gasteiger partial charge on any atom is 0.196 e. The summed E-state index contributed by atoms with van der Waals surface area (Å²) in [7, 11) is 0. The Morgan fingerprint density at radius 3 is 2.94 bits per heavy atom. The van der Waals surface area contributed by atoms with Crippen LogP contribution in [0.2, 0.25) is 0 Å². The molecule has 0 atom stereocenters. The van der Waals surface area contributed by atoms with Gasteiger partial charge in [-0.2, -0.15) is 0 Å². The first kappa shape index (κ1) is 11.1. The molecule has 86 valence electrons. The molecule has 0 unspecified atom stereocenters. The lowest BCUT2D eigenvalue weighted by Gasteiger charge is -2.04.